The van der Waals surface area contributed by atoms with Gasteiger partial charge in [-0.05, 0) is 36.2 Å². The first-order valence-corrected chi connectivity index (χ1v) is 9.45. The van der Waals surface area contributed by atoms with Gasteiger partial charge >= 0.3 is 12.3 Å². The Morgan fingerprint density at radius 1 is 1.10 bits per heavy atom. The van der Waals surface area contributed by atoms with E-state index in [1.54, 1.807) is 6.07 Å². The van der Waals surface area contributed by atoms with Crippen molar-refractivity contribution in [3.8, 4) is 11.4 Å². The molecule has 4 rings (SSSR count). The van der Waals surface area contributed by atoms with Crippen LogP contribution >= 0.6 is 0 Å². The van der Waals surface area contributed by atoms with E-state index >= 15 is 0 Å². The normalized spacial score (nSPS) is 19.4. The molecular weight excluding hydrogens is 418 g/mol. The lowest BCUT2D eigenvalue weighted by molar-refractivity contribution is -0.137. The summed E-state index contributed by atoms with van der Waals surface area (Å²) in [4.78, 5) is 17.1. The van der Waals surface area contributed by atoms with Crippen molar-refractivity contribution in [1.82, 2.24) is 15.0 Å². The van der Waals surface area contributed by atoms with Gasteiger partial charge in [-0.3, -0.25) is 0 Å². The van der Waals surface area contributed by atoms with Gasteiger partial charge in [0, 0.05) is 24.6 Å². The second-order valence-electron chi connectivity index (χ2n) is 7.40. The summed E-state index contributed by atoms with van der Waals surface area (Å²) in [5.41, 5.74) is 0.240. The van der Waals surface area contributed by atoms with Gasteiger partial charge < -0.3 is 14.5 Å². The number of amides is 1. The number of carboxylic acid groups (broad SMARTS) is 1. The summed E-state index contributed by atoms with van der Waals surface area (Å²) in [7, 11) is 0. The summed E-state index contributed by atoms with van der Waals surface area (Å²) < 4.78 is 57.3. The number of carbonyl (C=O) groups is 1. The number of hydrogen-bond donors (Lipinski definition) is 1. The van der Waals surface area contributed by atoms with Gasteiger partial charge in [-0.15, -0.1) is 0 Å². The first kappa shape index (κ1) is 20.8. The zero-order valence-corrected chi connectivity index (χ0v) is 16.0. The van der Waals surface area contributed by atoms with E-state index in [0.717, 1.165) is 12.1 Å². The lowest BCUT2D eigenvalue weighted by Crippen LogP contribution is -2.41. The van der Waals surface area contributed by atoms with E-state index in [2.05, 4.69) is 10.1 Å². The highest BCUT2D eigenvalue weighted by Gasteiger charge is 2.35. The minimum absolute atomic E-state index is 0.108. The Morgan fingerprint density at radius 3 is 2.45 bits per heavy atom. The van der Waals surface area contributed by atoms with Crippen molar-refractivity contribution >= 4 is 6.09 Å². The summed E-state index contributed by atoms with van der Waals surface area (Å²) in [6, 6.07) is 10.4. The topological polar surface area (TPSA) is 79.5 Å². The lowest BCUT2D eigenvalue weighted by atomic mass is 9.84. The van der Waals surface area contributed by atoms with E-state index in [1.165, 1.54) is 35.2 Å². The molecule has 1 aliphatic heterocycles. The Bertz CT molecular complexity index is 1080. The summed E-state index contributed by atoms with van der Waals surface area (Å²) in [5.74, 6) is -0.885. The SMILES string of the molecule is O=C(O)N1CC(c2ccc(C(F)(F)F)cc2)CC(c2nc(-c3cccc(F)c3)no2)C1. The molecule has 0 radical (unpaired) electrons. The smallest absolute Gasteiger partial charge is 0.416 e. The van der Waals surface area contributed by atoms with Crippen molar-refractivity contribution in [1.29, 1.82) is 0 Å². The van der Waals surface area contributed by atoms with Crippen LogP contribution in [-0.2, 0) is 6.18 Å². The molecule has 162 valence electrons. The summed E-state index contributed by atoms with van der Waals surface area (Å²) >= 11 is 0. The maximum absolute atomic E-state index is 13.5. The van der Waals surface area contributed by atoms with Crippen LogP contribution in [0.4, 0.5) is 22.4 Å². The van der Waals surface area contributed by atoms with Crippen LogP contribution in [0.15, 0.2) is 53.1 Å². The third-order valence-electron chi connectivity index (χ3n) is 5.30. The zero-order valence-electron chi connectivity index (χ0n) is 16.0. The molecule has 1 fully saturated rings. The molecule has 31 heavy (non-hydrogen) atoms. The van der Waals surface area contributed by atoms with Crippen molar-refractivity contribution in [2.75, 3.05) is 13.1 Å². The lowest BCUT2D eigenvalue weighted by Gasteiger charge is -2.35. The van der Waals surface area contributed by atoms with Crippen molar-refractivity contribution in [3.05, 3.63) is 71.4 Å². The van der Waals surface area contributed by atoms with Crippen molar-refractivity contribution in [2.24, 2.45) is 0 Å². The third kappa shape index (κ3) is 4.52. The molecule has 3 aromatic rings. The van der Waals surface area contributed by atoms with E-state index in [9.17, 15) is 27.5 Å². The van der Waals surface area contributed by atoms with Crippen molar-refractivity contribution < 1.29 is 32.0 Å². The minimum Gasteiger partial charge on any atom is -0.465 e. The molecule has 2 aromatic carbocycles. The number of benzene rings is 2. The van der Waals surface area contributed by atoms with Crippen LogP contribution < -0.4 is 0 Å². The molecule has 1 amide bonds. The predicted octanol–water partition coefficient (Wildman–Crippen LogP) is 5.15. The minimum atomic E-state index is -4.45. The Hall–Kier alpha value is -3.43. The fourth-order valence-electron chi connectivity index (χ4n) is 3.77. The quantitative estimate of drug-likeness (QED) is 0.576. The number of rotatable bonds is 3. The maximum Gasteiger partial charge on any atom is 0.416 e. The third-order valence-corrected chi connectivity index (χ3v) is 5.30. The summed E-state index contributed by atoms with van der Waals surface area (Å²) in [6.07, 6.45) is -5.18. The van der Waals surface area contributed by atoms with Gasteiger partial charge in [-0.2, -0.15) is 18.2 Å². The molecule has 6 nitrogen and oxygen atoms in total. The second-order valence-corrected chi connectivity index (χ2v) is 7.40. The molecular formula is C21H17F4N3O3. The van der Waals surface area contributed by atoms with Crippen LogP contribution in [0.2, 0.25) is 0 Å². The number of aromatic nitrogens is 2. The zero-order chi connectivity index (χ0) is 22.2. The maximum atomic E-state index is 13.5. The molecule has 0 bridgehead atoms. The van der Waals surface area contributed by atoms with E-state index in [0.29, 0.717) is 17.5 Å². The highest BCUT2D eigenvalue weighted by Crippen LogP contribution is 2.37. The van der Waals surface area contributed by atoms with Crippen LogP contribution in [-0.4, -0.2) is 39.3 Å². The molecule has 10 heteroatoms. The fourth-order valence-corrected chi connectivity index (χ4v) is 3.77. The van der Waals surface area contributed by atoms with E-state index in [4.69, 9.17) is 4.52 Å². The first-order valence-electron chi connectivity index (χ1n) is 9.45. The monoisotopic (exact) mass is 435 g/mol. The number of halogens is 4. The van der Waals surface area contributed by atoms with Crippen LogP contribution in [0.25, 0.3) is 11.4 Å². The Morgan fingerprint density at radius 2 is 1.81 bits per heavy atom. The Balaban J connectivity index is 1.59. The van der Waals surface area contributed by atoms with E-state index in [1.807, 2.05) is 0 Å². The second kappa shape index (κ2) is 8.01. The highest BCUT2D eigenvalue weighted by atomic mass is 19.4. The van der Waals surface area contributed by atoms with E-state index in [-0.39, 0.29) is 30.7 Å². The average molecular weight is 435 g/mol. The Kier molecular flexibility index (Phi) is 5.38. The van der Waals surface area contributed by atoms with Gasteiger partial charge in [-0.1, -0.05) is 29.4 Å². The van der Waals surface area contributed by atoms with Gasteiger partial charge in [0.15, 0.2) is 0 Å². The predicted molar refractivity (Wildman–Crippen MR) is 101 cm³/mol. The van der Waals surface area contributed by atoms with Crippen LogP contribution in [0.5, 0.6) is 0 Å². The van der Waals surface area contributed by atoms with Crippen LogP contribution in [0, 0.1) is 5.82 Å². The first-order chi connectivity index (χ1) is 14.7. The Labute approximate surface area is 174 Å². The number of piperidine rings is 1. The average Bonchev–Trinajstić information content (AvgIpc) is 3.23. The fraction of sp³-hybridized carbons (Fsp3) is 0.286. The molecule has 1 aromatic heterocycles. The molecule has 1 aliphatic rings. The molecule has 0 saturated carbocycles. The molecule has 0 spiro atoms. The number of nitrogens with zero attached hydrogens (tertiary/aromatic N) is 3. The molecule has 2 heterocycles. The summed E-state index contributed by atoms with van der Waals surface area (Å²) in [6.45, 7) is 0.249. The highest BCUT2D eigenvalue weighted by molar-refractivity contribution is 5.65. The molecule has 1 saturated heterocycles. The van der Waals surface area contributed by atoms with Gasteiger partial charge in [-0.25, -0.2) is 9.18 Å². The number of likely N-dealkylation sites (tertiary alicyclic amines) is 1. The van der Waals surface area contributed by atoms with Crippen molar-refractivity contribution in [3.63, 3.8) is 0 Å². The standard InChI is InChI=1S/C21H17F4N3O3/c22-17-3-1-2-13(9-17)18-26-19(31-27-18)15-8-14(10-28(11-15)20(29)30)12-4-6-16(7-5-12)21(23,24)25/h1-7,9,14-15H,8,10-11H2,(H,29,30). The molecule has 0 aliphatic carbocycles. The summed E-state index contributed by atoms with van der Waals surface area (Å²) in [5, 5.41) is 13.4. The number of hydrogen-bond acceptors (Lipinski definition) is 4. The molecule has 2 unspecified atom stereocenters. The van der Waals surface area contributed by atoms with Gasteiger partial charge in [0.05, 0.1) is 11.5 Å². The molecule has 2 atom stereocenters. The number of alkyl halides is 3. The van der Waals surface area contributed by atoms with Gasteiger partial charge in [0.25, 0.3) is 0 Å². The molecule has 1 N–H and O–H groups in total. The van der Waals surface area contributed by atoms with Gasteiger partial charge in [0.1, 0.15) is 5.82 Å². The largest absolute Gasteiger partial charge is 0.465 e. The van der Waals surface area contributed by atoms with Crippen LogP contribution in [0.3, 0.4) is 0 Å². The van der Waals surface area contributed by atoms with E-state index < -0.39 is 29.6 Å². The van der Waals surface area contributed by atoms with Crippen LogP contribution in [0.1, 0.15) is 35.3 Å². The van der Waals surface area contributed by atoms with Gasteiger partial charge in [0.2, 0.25) is 11.7 Å². The van der Waals surface area contributed by atoms with Crippen molar-refractivity contribution in [2.45, 2.75) is 24.4 Å².